The standard InChI is InChI=1S/C21H21N3O4/c25-17-9-15-19-12-8-16-21(13-3-1-2-4-14(13)23(17)20(19)21)5-6-22(16)10-11(12)7-18(28-15)24(26)27/h1-4,7,12,15-16,18-20H,5-6,8-10H2/t12-,15-,16+,18-,19+,20+,21+/m0/s1. The molecule has 0 unspecified atom stereocenters. The Morgan fingerprint density at radius 2 is 2.14 bits per heavy atom. The zero-order chi connectivity index (χ0) is 18.8. The summed E-state index contributed by atoms with van der Waals surface area (Å²) >= 11 is 0. The molecular formula is C21H21N3O4. The summed E-state index contributed by atoms with van der Waals surface area (Å²) in [4.78, 5) is 29.1. The number of rotatable bonds is 1. The van der Waals surface area contributed by atoms with Crippen molar-refractivity contribution in [3.05, 3.63) is 51.6 Å². The predicted octanol–water partition coefficient (Wildman–Crippen LogP) is 1.70. The first-order valence-electron chi connectivity index (χ1n) is 10.2. The Morgan fingerprint density at radius 1 is 1.29 bits per heavy atom. The maximum atomic E-state index is 13.3. The van der Waals surface area contributed by atoms with Crippen LogP contribution in [0.1, 0.15) is 24.8 Å². The number of piperidine rings is 2. The summed E-state index contributed by atoms with van der Waals surface area (Å²) < 4.78 is 6.02. The van der Waals surface area contributed by atoms with Crippen molar-refractivity contribution in [3.8, 4) is 0 Å². The number of nitro groups is 1. The van der Waals surface area contributed by atoms with Crippen molar-refractivity contribution >= 4 is 11.6 Å². The predicted molar refractivity (Wildman–Crippen MR) is 99.3 cm³/mol. The number of carbonyl (C=O) groups is 1. The highest BCUT2D eigenvalue weighted by atomic mass is 16.7. The lowest BCUT2D eigenvalue weighted by molar-refractivity contribution is -0.565. The lowest BCUT2D eigenvalue weighted by Crippen LogP contribution is -2.69. The molecule has 6 aliphatic rings. The highest BCUT2D eigenvalue weighted by Gasteiger charge is 2.71. The third kappa shape index (κ3) is 1.56. The number of hydrogen-bond donors (Lipinski definition) is 0. The SMILES string of the molecule is O=C1C[C@@H]2O[C@H]([N+](=O)[O-])C=C3CN4CC[C@]56c7ccccc7N1[C@@H]5[C@@H]2[C@H]3C[C@@H]46. The zero-order valence-corrected chi connectivity index (χ0v) is 15.4. The van der Waals surface area contributed by atoms with Crippen molar-refractivity contribution in [2.75, 3.05) is 18.0 Å². The maximum absolute atomic E-state index is 13.3. The van der Waals surface area contributed by atoms with Crippen LogP contribution in [0.25, 0.3) is 0 Å². The molecule has 0 aromatic heterocycles. The molecule has 7 nitrogen and oxygen atoms in total. The van der Waals surface area contributed by atoms with E-state index in [1.165, 1.54) is 5.56 Å². The molecule has 1 aliphatic carbocycles. The van der Waals surface area contributed by atoms with Crippen LogP contribution in [-0.2, 0) is 14.9 Å². The minimum atomic E-state index is -1.14. The molecule has 1 amide bonds. The average Bonchev–Trinajstić information content (AvgIpc) is 3.16. The lowest BCUT2D eigenvalue weighted by atomic mass is 9.53. The van der Waals surface area contributed by atoms with Crippen LogP contribution in [0.4, 0.5) is 5.69 Å². The number of amides is 1. The van der Waals surface area contributed by atoms with Crippen molar-refractivity contribution in [2.24, 2.45) is 11.8 Å². The van der Waals surface area contributed by atoms with E-state index in [-0.39, 0.29) is 46.6 Å². The van der Waals surface area contributed by atoms with Crippen LogP contribution in [0, 0.1) is 22.0 Å². The van der Waals surface area contributed by atoms with Crippen molar-refractivity contribution in [2.45, 2.75) is 49.1 Å². The number of hydrogen-bond acceptors (Lipinski definition) is 5. The van der Waals surface area contributed by atoms with Gasteiger partial charge in [0.15, 0.2) is 0 Å². The Balaban J connectivity index is 1.50. The van der Waals surface area contributed by atoms with Crippen LogP contribution in [0.15, 0.2) is 35.9 Å². The van der Waals surface area contributed by atoms with Crippen LogP contribution >= 0.6 is 0 Å². The number of para-hydroxylation sites is 1. The van der Waals surface area contributed by atoms with Crippen LogP contribution in [0.5, 0.6) is 0 Å². The molecule has 144 valence electrons. The largest absolute Gasteiger partial charge is 0.335 e. The monoisotopic (exact) mass is 379 g/mol. The van der Waals surface area contributed by atoms with Gasteiger partial charge in [-0.05, 0) is 42.5 Å². The number of benzene rings is 1. The number of ether oxygens (including phenoxy) is 1. The summed E-state index contributed by atoms with van der Waals surface area (Å²) in [5.74, 6) is 0.467. The first kappa shape index (κ1) is 15.6. The fourth-order valence-corrected chi connectivity index (χ4v) is 7.67. The Labute approximate surface area is 162 Å². The fourth-order valence-electron chi connectivity index (χ4n) is 7.67. The molecule has 1 aromatic rings. The summed E-state index contributed by atoms with van der Waals surface area (Å²) in [5, 5.41) is 11.6. The van der Waals surface area contributed by atoms with Crippen molar-refractivity contribution in [1.29, 1.82) is 0 Å². The molecule has 4 fully saturated rings. The first-order chi connectivity index (χ1) is 13.6. The topological polar surface area (TPSA) is 75.9 Å². The van der Waals surface area contributed by atoms with E-state index in [1.54, 1.807) is 6.08 Å². The van der Waals surface area contributed by atoms with E-state index in [9.17, 15) is 14.9 Å². The highest BCUT2D eigenvalue weighted by Crippen LogP contribution is 2.65. The van der Waals surface area contributed by atoms with Gasteiger partial charge in [0, 0.05) is 35.7 Å². The van der Waals surface area contributed by atoms with Gasteiger partial charge in [0.1, 0.15) is 0 Å². The minimum absolute atomic E-state index is 0.0547. The molecule has 28 heavy (non-hydrogen) atoms. The molecule has 1 saturated carbocycles. The van der Waals surface area contributed by atoms with Gasteiger partial charge in [-0.25, -0.2) is 0 Å². The molecule has 7 rings (SSSR count). The Kier molecular flexibility index (Phi) is 2.70. The van der Waals surface area contributed by atoms with Crippen LogP contribution < -0.4 is 4.90 Å². The van der Waals surface area contributed by atoms with Gasteiger partial charge < -0.3 is 9.64 Å². The second-order valence-corrected chi connectivity index (χ2v) is 9.22. The van der Waals surface area contributed by atoms with E-state index in [0.717, 1.165) is 37.2 Å². The van der Waals surface area contributed by atoms with Gasteiger partial charge in [-0.3, -0.25) is 19.8 Å². The molecule has 0 radical (unpaired) electrons. The van der Waals surface area contributed by atoms with Crippen LogP contribution in [-0.4, -0.2) is 53.2 Å². The normalized spacial score (nSPS) is 44.8. The molecule has 5 heterocycles. The molecule has 7 atom stereocenters. The summed E-state index contributed by atoms with van der Waals surface area (Å²) in [7, 11) is 0. The van der Waals surface area contributed by atoms with E-state index in [1.807, 2.05) is 6.07 Å². The Morgan fingerprint density at radius 3 is 3.00 bits per heavy atom. The molecule has 1 spiro atoms. The number of fused-ring (bicyclic) bond motifs is 2. The summed E-state index contributed by atoms with van der Waals surface area (Å²) in [5.41, 5.74) is 3.47. The summed E-state index contributed by atoms with van der Waals surface area (Å²) in [6.07, 6.45) is 2.55. The van der Waals surface area contributed by atoms with E-state index in [4.69, 9.17) is 4.74 Å². The lowest BCUT2D eigenvalue weighted by Gasteiger charge is -2.58. The van der Waals surface area contributed by atoms with E-state index < -0.39 is 6.23 Å². The molecule has 1 aromatic carbocycles. The third-order valence-corrected chi connectivity index (χ3v) is 8.44. The van der Waals surface area contributed by atoms with Gasteiger partial charge in [0.05, 0.1) is 23.5 Å². The Hall–Kier alpha value is -2.25. The van der Waals surface area contributed by atoms with Gasteiger partial charge in [0.25, 0.3) is 0 Å². The molecular weight excluding hydrogens is 358 g/mol. The smallest absolute Gasteiger partial charge is 0.310 e. The zero-order valence-electron chi connectivity index (χ0n) is 15.4. The first-order valence-corrected chi connectivity index (χ1v) is 10.2. The van der Waals surface area contributed by atoms with Gasteiger partial charge in [-0.15, -0.1) is 0 Å². The fraction of sp³-hybridized carbons (Fsp3) is 0.571. The van der Waals surface area contributed by atoms with Crippen LogP contribution in [0.3, 0.4) is 0 Å². The van der Waals surface area contributed by atoms with Gasteiger partial charge >= 0.3 is 6.23 Å². The van der Waals surface area contributed by atoms with Crippen molar-refractivity contribution < 1.29 is 14.5 Å². The Bertz CT molecular complexity index is 976. The van der Waals surface area contributed by atoms with E-state index in [2.05, 4.69) is 28.0 Å². The molecule has 0 N–H and O–H groups in total. The van der Waals surface area contributed by atoms with E-state index in [0.29, 0.717) is 6.04 Å². The molecule has 2 bridgehead atoms. The maximum Gasteiger partial charge on any atom is 0.335 e. The number of carbonyl (C=O) groups excluding carboxylic acids is 1. The quantitative estimate of drug-likeness (QED) is 0.422. The van der Waals surface area contributed by atoms with Gasteiger partial charge in [0.2, 0.25) is 5.91 Å². The molecule has 7 heteroatoms. The highest BCUT2D eigenvalue weighted by molar-refractivity contribution is 5.99. The van der Waals surface area contributed by atoms with Crippen molar-refractivity contribution in [1.82, 2.24) is 4.90 Å². The number of anilines is 1. The van der Waals surface area contributed by atoms with Gasteiger partial charge in [-0.1, -0.05) is 18.2 Å². The summed E-state index contributed by atoms with van der Waals surface area (Å²) in [6, 6.07) is 8.86. The van der Waals surface area contributed by atoms with Crippen LogP contribution in [0.2, 0.25) is 0 Å². The number of nitrogens with zero attached hydrogens (tertiary/aromatic N) is 3. The second kappa shape index (κ2) is 4.83. The van der Waals surface area contributed by atoms with Gasteiger partial charge in [-0.2, -0.15) is 0 Å². The third-order valence-electron chi connectivity index (χ3n) is 8.44. The molecule has 5 aliphatic heterocycles. The summed E-state index contributed by atoms with van der Waals surface area (Å²) in [6.45, 7) is 1.79. The molecule has 3 saturated heterocycles. The van der Waals surface area contributed by atoms with E-state index >= 15 is 0 Å². The van der Waals surface area contributed by atoms with Crippen molar-refractivity contribution in [3.63, 3.8) is 0 Å². The average molecular weight is 379 g/mol. The minimum Gasteiger partial charge on any atom is -0.310 e. The second-order valence-electron chi connectivity index (χ2n) is 9.22.